The quantitative estimate of drug-likeness (QED) is 0.149. The molecule has 12 rings (SSSR count). The predicted octanol–water partition coefficient (Wildman–Crippen LogP) is 16.1. The van der Waals surface area contributed by atoms with Crippen molar-refractivity contribution in [1.29, 1.82) is 0 Å². The largest absolute Gasteiger partial charge is 0.341 e. The molecule has 12 aromatic rings. The van der Waals surface area contributed by atoms with E-state index in [0.29, 0.717) is 0 Å². The van der Waals surface area contributed by atoms with Gasteiger partial charge in [0, 0.05) is 56.7 Å². The van der Waals surface area contributed by atoms with Gasteiger partial charge in [0.1, 0.15) is 0 Å². The fraction of sp³-hybridized carbons (Fsp3) is 0.0690. The van der Waals surface area contributed by atoms with Crippen LogP contribution in [-0.4, -0.2) is 9.13 Å². The van der Waals surface area contributed by atoms with Gasteiger partial charge < -0.3 is 9.13 Å². The number of para-hydroxylation sites is 2. The molecule has 0 aliphatic carbocycles. The minimum atomic E-state index is 0.913. The van der Waals surface area contributed by atoms with Crippen LogP contribution in [0.15, 0.2) is 194 Å². The Balaban J connectivity index is 1.15. The van der Waals surface area contributed by atoms with Crippen LogP contribution in [0.25, 0.3) is 120 Å². The molecule has 0 saturated heterocycles. The zero-order valence-electron chi connectivity index (χ0n) is 33.8. The second-order valence-corrected chi connectivity index (χ2v) is 16.2. The maximum absolute atomic E-state index is 2.48. The van der Waals surface area contributed by atoms with Crippen LogP contribution >= 0.6 is 0 Å². The zero-order valence-corrected chi connectivity index (χ0v) is 33.8. The number of hydrogen-bond acceptors (Lipinski definition) is 0. The molecule has 10 aromatic carbocycles. The molecular weight excluding hydrogens is 725 g/mol. The first kappa shape index (κ1) is 34.6. The first-order valence-corrected chi connectivity index (χ1v) is 21.3. The Morgan fingerprint density at radius 2 is 0.750 bits per heavy atom. The minimum absolute atomic E-state index is 0.913. The smallest absolute Gasteiger partial charge is 0.0497 e. The molecule has 2 nitrogen and oxygen atoms in total. The van der Waals surface area contributed by atoms with Crippen LogP contribution in [0.5, 0.6) is 0 Å². The van der Waals surface area contributed by atoms with E-state index in [1.54, 1.807) is 0 Å². The second-order valence-electron chi connectivity index (χ2n) is 16.2. The van der Waals surface area contributed by atoms with Crippen LogP contribution in [0.4, 0.5) is 0 Å². The van der Waals surface area contributed by atoms with Crippen molar-refractivity contribution in [1.82, 2.24) is 9.13 Å². The lowest BCUT2D eigenvalue weighted by Crippen LogP contribution is -1.94. The maximum Gasteiger partial charge on any atom is 0.0497 e. The number of aromatic nitrogens is 2. The molecule has 0 unspecified atom stereocenters. The second kappa shape index (κ2) is 13.6. The van der Waals surface area contributed by atoms with Crippen LogP contribution in [0.2, 0.25) is 0 Å². The van der Waals surface area contributed by atoms with Gasteiger partial charge in [0.15, 0.2) is 0 Å². The summed E-state index contributed by atoms with van der Waals surface area (Å²) in [7, 11) is 0. The van der Waals surface area contributed by atoms with Crippen molar-refractivity contribution >= 4 is 75.9 Å². The molecule has 0 saturated carbocycles. The Bertz CT molecular complexity index is 3500. The van der Waals surface area contributed by atoms with Gasteiger partial charge in [0.25, 0.3) is 0 Å². The first-order chi connectivity index (χ1) is 29.7. The number of rotatable bonds is 6. The Kier molecular flexibility index (Phi) is 7.83. The highest BCUT2D eigenvalue weighted by Crippen LogP contribution is 2.45. The standard InChI is InChI=1S/C58H42N2/c1-3-59-54-22-10-8-16-46(54)48-30-28-40(34-56(48)59)44-18-12-20-50-52(44)36-53-45(41-29-31-49-47-17-9-11-23-55(47)60(4-2)57(49)35-41)19-13-21-51(53)58(50)42-27-25-38-24-26-39(32-43(38)33-42)37-14-6-5-7-15-37/h5-36H,3-4H2,1-2H3. The van der Waals surface area contributed by atoms with Gasteiger partial charge in [-0.25, -0.2) is 0 Å². The SMILES string of the molecule is CCn1c2ccccc2c2ccc(-c3cccc4c(-c5ccc6ccc(-c7ccccc7)cc6c5)c5cccc(-c6ccc7c8ccccc8n(CC)c7c6)c5cc34)cc21. The van der Waals surface area contributed by atoms with E-state index in [2.05, 4.69) is 217 Å². The number of nitrogens with zero attached hydrogens (tertiary/aromatic N) is 2. The highest BCUT2D eigenvalue weighted by Gasteiger charge is 2.19. The molecule has 0 N–H and O–H groups in total. The van der Waals surface area contributed by atoms with E-state index in [4.69, 9.17) is 0 Å². The highest BCUT2D eigenvalue weighted by atomic mass is 15.0. The summed E-state index contributed by atoms with van der Waals surface area (Å²) in [6, 6.07) is 72.7. The molecular formula is C58H42N2. The highest BCUT2D eigenvalue weighted by molar-refractivity contribution is 6.20. The number of aryl methyl sites for hydroxylation is 2. The number of benzene rings is 10. The summed E-state index contributed by atoms with van der Waals surface area (Å²) in [5, 5.41) is 12.7. The van der Waals surface area contributed by atoms with Gasteiger partial charge in [0.05, 0.1) is 0 Å². The summed E-state index contributed by atoms with van der Waals surface area (Å²) in [4.78, 5) is 0. The molecule has 2 heteroatoms. The summed E-state index contributed by atoms with van der Waals surface area (Å²) < 4.78 is 4.92. The maximum atomic E-state index is 2.48. The van der Waals surface area contributed by atoms with Crippen LogP contribution in [0, 0.1) is 0 Å². The molecule has 0 bridgehead atoms. The number of fused-ring (bicyclic) bond motifs is 9. The van der Waals surface area contributed by atoms with Crippen molar-refractivity contribution < 1.29 is 0 Å². The van der Waals surface area contributed by atoms with Gasteiger partial charge in [-0.2, -0.15) is 0 Å². The molecule has 0 atom stereocenters. The Morgan fingerprint density at radius 1 is 0.283 bits per heavy atom. The van der Waals surface area contributed by atoms with Gasteiger partial charge >= 0.3 is 0 Å². The molecule has 284 valence electrons. The summed E-state index contributed by atoms with van der Waals surface area (Å²) in [6.07, 6.45) is 0. The lowest BCUT2D eigenvalue weighted by Gasteiger charge is -2.18. The summed E-state index contributed by atoms with van der Waals surface area (Å²) in [5.74, 6) is 0. The first-order valence-electron chi connectivity index (χ1n) is 21.3. The predicted molar refractivity (Wildman–Crippen MR) is 258 cm³/mol. The number of hydrogen-bond donors (Lipinski definition) is 0. The van der Waals surface area contributed by atoms with Gasteiger partial charge in [-0.3, -0.25) is 0 Å². The minimum Gasteiger partial charge on any atom is -0.341 e. The Morgan fingerprint density at radius 3 is 1.32 bits per heavy atom. The van der Waals surface area contributed by atoms with Crippen molar-refractivity contribution in [2.45, 2.75) is 26.9 Å². The third kappa shape index (κ3) is 5.20. The van der Waals surface area contributed by atoms with Gasteiger partial charge in [-0.15, -0.1) is 0 Å². The van der Waals surface area contributed by atoms with Gasteiger partial charge in [0.2, 0.25) is 0 Å². The fourth-order valence-corrected chi connectivity index (χ4v) is 10.3. The van der Waals surface area contributed by atoms with Crippen LogP contribution in [0.3, 0.4) is 0 Å². The van der Waals surface area contributed by atoms with Crippen molar-refractivity contribution in [3.63, 3.8) is 0 Å². The topological polar surface area (TPSA) is 9.86 Å². The summed E-state index contributed by atoms with van der Waals surface area (Å²) in [5.41, 5.74) is 15.0. The Hall–Kier alpha value is -7.42. The van der Waals surface area contributed by atoms with Crippen LogP contribution in [0.1, 0.15) is 13.8 Å². The van der Waals surface area contributed by atoms with E-state index in [0.717, 1.165) is 13.1 Å². The van der Waals surface area contributed by atoms with Crippen LogP contribution in [-0.2, 0) is 13.1 Å². The summed E-state index contributed by atoms with van der Waals surface area (Å²) in [6.45, 7) is 6.33. The van der Waals surface area contributed by atoms with Gasteiger partial charge in [-0.1, -0.05) is 152 Å². The van der Waals surface area contributed by atoms with Crippen molar-refractivity contribution in [3.8, 4) is 44.5 Å². The van der Waals surface area contributed by atoms with Crippen molar-refractivity contribution in [2.75, 3.05) is 0 Å². The van der Waals surface area contributed by atoms with E-state index in [1.807, 2.05) is 0 Å². The monoisotopic (exact) mass is 766 g/mol. The molecule has 2 aromatic heterocycles. The zero-order chi connectivity index (χ0) is 39.9. The Labute approximate surface area is 349 Å². The fourth-order valence-electron chi connectivity index (χ4n) is 10.3. The van der Waals surface area contributed by atoms with E-state index in [9.17, 15) is 0 Å². The molecule has 0 spiro atoms. The molecule has 0 fully saturated rings. The van der Waals surface area contributed by atoms with Crippen molar-refractivity contribution in [2.24, 2.45) is 0 Å². The average molecular weight is 767 g/mol. The molecule has 60 heavy (non-hydrogen) atoms. The van der Waals surface area contributed by atoms with E-state index < -0.39 is 0 Å². The van der Waals surface area contributed by atoms with E-state index in [1.165, 1.54) is 120 Å². The van der Waals surface area contributed by atoms with Crippen LogP contribution < -0.4 is 0 Å². The lowest BCUT2D eigenvalue weighted by molar-refractivity contribution is 0.827. The third-order valence-corrected chi connectivity index (χ3v) is 13.1. The average Bonchev–Trinajstić information content (AvgIpc) is 3.81. The molecule has 2 heterocycles. The molecule has 0 amide bonds. The van der Waals surface area contributed by atoms with Gasteiger partial charge in [-0.05, 0) is 133 Å². The summed E-state index contributed by atoms with van der Waals surface area (Å²) >= 11 is 0. The van der Waals surface area contributed by atoms with E-state index >= 15 is 0 Å². The van der Waals surface area contributed by atoms with Crippen molar-refractivity contribution in [3.05, 3.63) is 194 Å². The molecule has 0 radical (unpaired) electrons. The molecule has 0 aliphatic heterocycles. The van der Waals surface area contributed by atoms with E-state index in [-0.39, 0.29) is 0 Å². The normalized spacial score (nSPS) is 12.0. The third-order valence-electron chi connectivity index (χ3n) is 13.1. The molecule has 0 aliphatic rings. The lowest BCUT2D eigenvalue weighted by atomic mass is 9.85.